The molecule has 0 aliphatic heterocycles. The van der Waals surface area contributed by atoms with Gasteiger partial charge < -0.3 is 10.6 Å². The van der Waals surface area contributed by atoms with Crippen molar-refractivity contribution in [2.45, 2.75) is 6.92 Å². The third kappa shape index (κ3) is 4.80. The summed E-state index contributed by atoms with van der Waals surface area (Å²) in [6.07, 6.45) is 1.27. The summed E-state index contributed by atoms with van der Waals surface area (Å²) in [5, 5.41) is 25.2. The van der Waals surface area contributed by atoms with Crippen LogP contribution < -0.4 is 10.6 Å². The predicted molar refractivity (Wildman–Crippen MR) is 95.2 cm³/mol. The summed E-state index contributed by atoms with van der Waals surface area (Å²) in [6.45, 7) is 1.94. The zero-order chi connectivity index (χ0) is 18.4. The monoisotopic (exact) mass is 356 g/mol. The van der Waals surface area contributed by atoms with E-state index in [1.54, 1.807) is 18.2 Å². The van der Waals surface area contributed by atoms with E-state index in [9.17, 15) is 14.9 Å². The van der Waals surface area contributed by atoms with E-state index < -0.39 is 10.8 Å². The maximum Gasteiger partial charge on any atom is 0.289 e. The highest BCUT2D eigenvalue weighted by Gasteiger charge is 2.15. The maximum absolute atomic E-state index is 12.1. The Bertz CT molecular complexity index is 886. The van der Waals surface area contributed by atoms with Crippen molar-refractivity contribution in [1.82, 2.24) is 0 Å². The van der Waals surface area contributed by atoms with E-state index in [1.165, 1.54) is 18.3 Å². The Kier molecular flexibility index (Phi) is 5.71. The largest absolute Gasteiger partial charge is 0.360 e. The fourth-order valence-corrected chi connectivity index (χ4v) is 2.07. The van der Waals surface area contributed by atoms with Crippen LogP contribution in [-0.4, -0.2) is 10.8 Å². The molecule has 7 nitrogen and oxygen atoms in total. The van der Waals surface area contributed by atoms with E-state index in [2.05, 4.69) is 10.6 Å². The standard InChI is InChI=1S/C17H13ClN4O3/c1-11-2-4-13(5-3-11)20-10-12(9-19)17(23)21-14-6-7-15(18)16(8-14)22(24)25/h2-8,10,20H,1H3,(H,21,23)/b12-10-. The van der Waals surface area contributed by atoms with Crippen LogP contribution in [0.1, 0.15) is 5.56 Å². The molecule has 0 aromatic heterocycles. The van der Waals surface area contributed by atoms with E-state index >= 15 is 0 Å². The number of hydrogen-bond acceptors (Lipinski definition) is 5. The average molecular weight is 357 g/mol. The van der Waals surface area contributed by atoms with Gasteiger partial charge >= 0.3 is 0 Å². The number of hydrogen-bond donors (Lipinski definition) is 2. The number of anilines is 2. The van der Waals surface area contributed by atoms with Gasteiger partial charge in [0.2, 0.25) is 0 Å². The Labute approximate surface area is 148 Å². The highest BCUT2D eigenvalue weighted by molar-refractivity contribution is 6.32. The second kappa shape index (κ2) is 7.95. The maximum atomic E-state index is 12.1. The van der Waals surface area contributed by atoms with Gasteiger partial charge in [0.05, 0.1) is 4.92 Å². The van der Waals surface area contributed by atoms with Crippen molar-refractivity contribution in [3.05, 3.63) is 74.9 Å². The Morgan fingerprint density at radius 2 is 1.88 bits per heavy atom. The average Bonchev–Trinajstić information content (AvgIpc) is 2.58. The summed E-state index contributed by atoms with van der Waals surface area (Å²) in [5.41, 5.74) is 1.45. The van der Waals surface area contributed by atoms with Crippen molar-refractivity contribution < 1.29 is 9.72 Å². The molecule has 0 fully saturated rings. The van der Waals surface area contributed by atoms with Crippen LogP contribution >= 0.6 is 11.6 Å². The number of amides is 1. The topological polar surface area (TPSA) is 108 Å². The first kappa shape index (κ1) is 18.0. The number of nitriles is 1. The van der Waals surface area contributed by atoms with Crippen molar-refractivity contribution >= 4 is 34.6 Å². The number of benzene rings is 2. The van der Waals surface area contributed by atoms with Crippen LogP contribution in [0.5, 0.6) is 0 Å². The van der Waals surface area contributed by atoms with Gasteiger partial charge in [-0.3, -0.25) is 14.9 Å². The van der Waals surface area contributed by atoms with Gasteiger partial charge in [-0.05, 0) is 31.2 Å². The van der Waals surface area contributed by atoms with E-state index in [0.717, 1.165) is 11.6 Å². The van der Waals surface area contributed by atoms with Crippen LogP contribution in [0.2, 0.25) is 5.02 Å². The summed E-state index contributed by atoms with van der Waals surface area (Å²) in [5.74, 6) is -0.696. The molecule has 2 aromatic carbocycles. The number of rotatable bonds is 5. The fraction of sp³-hybridized carbons (Fsp3) is 0.0588. The first-order valence-electron chi connectivity index (χ1n) is 7.09. The van der Waals surface area contributed by atoms with Gasteiger partial charge in [0, 0.05) is 23.6 Å². The molecule has 0 radical (unpaired) electrons. The molecule has 0 bridgehead atoms. The van der Waals surface area contributed by atoms with Crippen molar-refractivity contribution in [3.63, 3.8) is 0 Å². The zero-order valence-corrected chi connectivity index (χ0v) is 13.9. The highest BCUT2D eigenvalue weighted by atomic mass is 35.5. The number of aryl methyl sites for hydroxylation is 1. The van der Waals surface area contributed by atoms with Crippen molar-refractivity contribution in [2.75, 3.05) is 10.6 Å². The quantitative estimate of drug-likeness (QED) is 0.364. The van der Waals surface area contributed by atoms with E-state index in [-0.39, 0.29) is 22.0 Å². The van der Waals surface area contributed by atoms with E-state index in [0.29, 0.717) is 5.69 Å². The van der Waals surface area contributed by atoms with Crippen LogP contribution in [0.15, 0.2) is 54.2 Å². The number of carbonyl (C=O) groups is 1. The van der Waals surface area contributed by atoms with Gasteiger partial charge in [-0.2, -0.15) is 5.26 Å². The molecule has 2 rings (SSSR count). The Morgan fingerprint density at radius 1 is 1.24 bits per heavy atom. The molecular weight excluding hydrogens is 344 g/mol. The molecule has 0 aliphatic carbocycles. The minimum atomic E-state index is -0.696. The highest BCUT2D eigenvalue weighted by Crippen LogP contribution is 2.27. The van der Waals surface area contributed by atoms with Crippen molar-refractivity contribution in [2.24, 2.45) is 0 Å². The number of nitrogens with zero attached hydrogens (tertiary/aromatic N) is 2. The molecule has 25 heavy (non-hydrogen) atoms. The Balaban J connectivity index is 2.13. The van der Waals surface area contributed by atoms with Crippen LogP contribution in [0.3, 0.4) is 0 Å². The summed E-state index contributed by atoms with van der Waals surface area (Å²) in [6, 6.07) is 13.0. The molecule has 0 aliphatic rings. The van der Waals surface area contributed by atoms with Gasteiger partial charge in [-0.25, -0.2) is 0 Å². The molecule has 8 heteroatoms. The number of nitro groups is 1. The lowest BCUT2D eigenvalue weighted by molar-refractivity contribution is -0.384. The molecule has 2 aromatic rings. The third-order valence-electron chi connectivity index (χ3n) is 3.20. The summed E-state index contributed by atoms with van der Waals surface area (Å²) >= 11 is 5.72. The van der Waals surface area contributed by atoms with Crippen LogP contribution in [0.4, 0.5) is 17.1 Å². The number of halogens is 1. The molecule has 0 heterocycles. The molecule has 0 spiro atoms. The number of nitro benzene ring substituents is 1. The van der Waals surface area contributed by atoms with Gasteiger partial charge in [0.15, 0.2) is 0 Å². The molecule has 1 amide bonds. The normalized spacial score (nSPS) is 10.7. The SMILES string of the molecule is Cc1ccc(N/C=C(/C#N)C(=O)Nc2ccc(Cl)c([N+](=O)[O-])c2)cc1. The predicted octanol–water partition coefficient (Wildman–Crippen LogP) is 4.01. The summed E-state index contributed by atoms with van der Waals surface area (Å²) < 4.78 is 0. The molecule has 0 unspecified atom stereocenters. The lowest BCUT2D eigenvalue weighted by atomic mass is 10.2. The van der Waals surface area contributed by atoms with Crippen molar-refractivity contribution in [3.8, 4) is 6.07 Å². The molecule has 0 atom stereocenters. The smallest absolute Gasteiger partial charge is 0.289 e. The van der Waals surface area contributed by atoms with Gasteiger partial charge in [0.1, 0.15) is 16.7 Å². The minimum Gasteiger partial charge on any atom is -0.360 e. The minimum absolute atomic E-state index is 0.0416. The molecule has 2 N–H and O–H groups in total. The number of nitrogens with one attached hydrogen (secondary N) is 2. The van der Waals surface area contributed by atoms with Crippen LogP contribution in [0.25, 0.3) is 0 Å². The first-order chi connectivity index (χ1) is 11.9. The molecule has 0 saturated carbocycles. The van der Waals surface area contributed by atoms with Crippen LogP contribution in [0, 0.1) is 28.4 Å². The van der Waals surface area contributed by atoms with Gasteiger partial charge in [-0.1, -0.05) is 29.3 Å². The number of carbonyl (C=O) groups excluding carboxylic acids is 1. The van der Waals surface area contributed by atoms with Gasteiger partial charge in [-0.15, -0.1) is 0 Å². The molecular formula is C17H13ClN4O3. The van der Waals surface area contributed by atoms with Crippen molar-refractivity contribution in [1.29, 1.82) is 5.26 Å². The van der Waals surface area contributed by atoms with E-state index in [4.69, 9.17) is 16.9 Å². The van der Waals surface area contributed by atoms with Gasteiger partial charge in [0.25, 0.3) is 11.6 Å². The Hall–Kier alpha value is -3.37. The summed E-state index contributed by atoms with van der Waals surface area (Å²) in [7, 11) is 0. The molecule has 0 saturated heterocycles. The van der Waals surface area contributed by atoms with E-state index in [1.807, 2.05) is 19.1 Å². The Morgan fingerprint density at radius 3 is 2.48 bits per heavy atom. The fourth-order valence-electron chi connectivity index (χ4n) is 1.88. The lowest BCUT2D eigenvalue weighted by Crippen LogP contribution is -2.14. The lowest BCUT2D eigenvalue weighted by Gasteiger charge is -2.06. The van der Waals surface area contributed by atoms with Crippen LogP contribution in [-0.2, 0) is 4.79 Å². The second-order valence-corrected chi connectivity index (χ2v) is 5.46. The zero-order valence-electron chi connectivity index (χ0n) is 13.1. The molecule has 126 valence electrons. The summed E-state index contributed by atoms with van der Waals surface area (Å²) in [4.78, 5) is 22.4. The second-order valence-electron chi connectivity index (χ2n) is 5.06. The third-order valence-corrected chi connectivity index (χ3v) is 3.52. The first-order valence-corrected chi connectivity index (χ1v) is 7.47.